The van der Waals surface area contributed by atoms with E-state index in [1.807, 2.05) is 0 Å². The van der Waals surface area contributed by atoms with Gasteiger partial charge in [0.1, 0.15) is 5.82 Å². The first-order chi connectivity index (χ1) is 11.1. The Morgan fingerprint density at radius 2 is 1.91 bits per heavy atom. The van der Waals surface area contributed by atoms with Crippen LogP contribution >= 0.6 is 0 Å². The number of nitrogens with zero attached hydrogens (tertiary/aromatic N) is 1. The average molecular weight is 321 g/mol. The van der Waals surface area contributed by atoms with E-state index in [1.54, 1.807) is 0 Å². The minimum atomic E-state index is -0.326. The van der Waals surface area contributed by atoms with E-state index in [1.165, 1.54) is 30.7 Å². The SMILES string of the molecule is O=C(Nc1ccc(F)cc1)NC1CCN(C2CCCCC2O)C1. The Morgan fingerprint density at radius 3 is 2.65 bits per heavy atom. The summed E-state index contributed by atoms with van der Waals surface area (Å²) in [5.74, 6) is -0.326. The number of carbonyl (C=O) groups is 1. The Kier molecular flexibility index (Phi) is 5.13. The lowest BCUT2D eigenvalue weighted by molar-refractivity contribution is 0.0303. The number of amides is 2. The van der Waals surface area contributed by atoms with Crippen LogP contribution in [0.2, 0.25) is 0 Å². The van der Waals surface area contributed by atoms with E-state index >= 15 is 0 Å². The molecule has 126 valence electrons. The Balaban J connectivity index is 1.47. The predicted molar refractivity (Wildman–Crippen MR) is 86.8 cm³/mol. The van der Waals surface area contributed by atoms with Crippen LogP contribution in [0.1, 0.15) is 32.1 Å². The largest absolute Gasteiger partial charge is 0.391 e. The van der Waals surface area contributed by atoms with Crippen molar-refractivity contribution in [2.75, 3.05) is 18.4 Å². The lowest BCUT2D eigenvalue weighted by Gasteiger charge is -2.35. The van der Waals surface area contributed by atoms with Crippen LogP contribution in [0, 0.1) is 5.82 Å². The van der Waals surface area contributed by atoms with Crippen LogP contribution in [0.3, 0.4) is 0 Å². The van der Waals surface area contributed by atoms with Gasteiger partial charge in [0, 0.05) is 30.9 Å². The van der Waals surface area contributed by atoms with E-state index in [0.29, 0.717) is 5.69 Å². The number of carbonyl (C=O) groups excluding carboxylic acids is 1. The number of aliphatic hydroxyl groups is 1. The van der Waals surface area contributed by atoms with Gasteiger partial charge in [0.15, 0.2) is 0 Å². The van der Waals surface area contributed by atoms with Crippen molar-refractivity contribution in [2.24, 2.45) is 0 Å². The molecule has 1 aromatic rings. The minimum absolute atomic E-state index is 0.0876. The van der Waals surface area contributed by atoms with Crippen molar-refractivity contribution in [3.05, 3.63) is 30.1 Å². The molecule has 5 nitrogen and oxygen atoms in total. The van der Waals surface area contributed by atoms with Gasteiger partial charge in [-0.3, -0.25) is 4.90 Å². The summed E-state index contributed by atoms with van der Waals surface area (Å²) in [7, 11) is 0. The summed E-state index contributed by atoms with van der Waals surface area (Å²) in [6.07, 6.45) is 4.84. The number of halogens is 1. The second kappa shape index (κ2) is 7.27. The Bertz CT molecular complexity index is 537. The molecule has 6 heteroatoms. The molecule has 2 amide bonds. The molecule has 0 spiro atoms. The number of hydrogen-bond acceptors (Lipinski definition) is 3. The van der Waals surface area contributed by atoms with Crippen LogP contribution in [-0.4, -0.2) is 47.3 Å². The van der Waals surface area contributed by atoms with Gasteiger partial charge < -0.3 is 15.7 Å². The van der Waals surface area contributed by atoms with Crippen molar-refractivity contribution in [3.8, 4) is 0 Å². The first kappa shape index (κ1) is 16.2. The summed E-state index contributed by atoms with van der Waals surface area (Å²) in [6.45, 7) is 1.68. The Morgan fingerprint density at radius 1 is 1.17 bits per heavy atom. The van der Waals surface area contributed by atoms with Crippen LogP contribution in [0.25, 0.3) is 0 Å². The van der Waals surface area contributed by atoms with Crippen molar-refractivity contribution in [2.45, 2.75) is 50.3 Å². The zero-order valence-corrected chi connectivity index (χ0v) is 13.2. The number of anilines is 1. The lowest BCUT2D eigenvalue weighted by Crippen LogP contribution is -2.46. The molecule has 3 N–H and O–H groups in total. The second-order valence-corrected chi connectivity index (χ2v) is 6.51. The molecule has 1 saturated carbocycles. The van der Waals surface area contributed by atoms with Crippen LogP contribution in [0.5, 0.6) is 0 Å². The Labute approximate surface area is 135 Å². The molecule has 1 heterocycles. The molecule has 3 atom stereocenters. The third-order valence-corrected chi connectivity index (χ3v) is 4.82. The quantitative estimate of drug-likeness (QED) is 0.800. The summed E-state index contributed by atoms with van der Waals surface area (Å²) < 4.78 is 12.8. The highest BCUT2D eigenvalue weighted by Gasteiger charge is 2.34. The third-order valence-electron chi connectivity index (χ3n) is 4.82. The van der Waals surface area contributed by atoms with E-state index in [2.05, 4.69) is 15.5 Å². The van der Waals surface area contributed by atoms with Gasteiger partial charge in [0.2, 0.25) is 0 Å². The fraction of sp³-hybridized carbons (Fsp3) is 0.588. The summed E-state index contributed by atoms with van der Waals surface area (Å²) >= 11 is 0. The highest BCUT2D eigenvalue weighted by molar-refractivity contribution is 5.89. The molecule has 1 saturated heterocycles. The summed E-state index contributed by atoms with van der Waals surface area (Å²) in [6, 6.07) is 5.75. The zero-order chi connectivity index (χ0) is 16.2. The van der Waals surface area contributed by atoms with E-state index in [0.717, 1.165) is 38.8 Å². The van der Waals surface area contributed by atoms with Gasteiger partial charge in [0.05, 0.1) is 6.10 Å². The maximum Gasteiger partial charge on any atom is 0.319 e. The average Bonchev–Trinajstić information content (AvgIpc) is 2.98. The predicted octanol–water partition coefficient (Wildman–Crippen LogP) is 2.33. The van der Waals surface area contributed by atoms with E-state index in [9.17, 15) is 14.3 Å². The molecule has 0 bridgehead atoms. The lowest BCUT2D eigenvalue weighted by atomic mass is 9.91. The Hall–Kier alpha value is -1.66. The number of rotatable bonds is 3. The monoisotopic (exact) mass is 321 g/mol. The smallest absolute Gasteiger partial charge is 0.319 e. The summed E-state index contributed by atoms with van der Waals surface area (Å²) in [5, 5.41) is 15.8. The van der Waals surface area contributed by atoms with Crippen LogP contribution < -0.4 is 10.6 Å². The first-order valence-electron chi connectivity index (χ1n) is 8.37. The molecule has 0 aromatic heterocycles. The molecule has 3 unspecified atom stereocenters. The van der Waals surface area contributed by atoms with Crippen LogP contribution in [0.4, 0.5) is 14.9 Å². The molecule has 1 aliphatic heterocycles. The second-order valence-electron chi connectivity index (χ2n) is 6.51. The molecule has 1 aliphatic carbocycles. The highest BCUT2D eigenvalue weighted by Crippen LogP contribution is 2.26. The van der Waals surface area contributed by atoms with Crippen LogP contribution in [-0.2, 0) is 0 Å². The summed E-state index contributed by atoms with van der Waals surface area (Å²) in [5.41, 5.74) is 0.571. The molecule has 3 rings (SSSR count). The first-order valence-corrected chi connectivity index (χ1v) is 8.37. The minimum Gasteiger partial charge on any atom is -0.391 e. The van der Waals surface area contributed by atoms with Crippen molar-refractivity contribution in [1.29, 1.82) is 0 Å². The highest BCUT2D eigenvalue weighted by atomic mass is 19.1. The number of nitrogens with one attached hydrogen (secondary N) is 2. The number of urea groups is 1. The van der Waals surface area contributed by atoms with Crippen molar-refractivity contribution < 1.29 is 14.3 Å². The zero-order valence-electron chi connectivity index (χ0n) is 13.2. The van der Waals surface area contributed by atoms with Crippen molar-refractivity contribution in [3.63, 3.8) is 0 Å². The van der Waals surface area contributed by atoms with Gasteiger partial charge in [-0.15, -0.1) is 0 Å². The molecule has 1 aromatic carbocycles. The molecule has 2 aliphatic rings. The van der Waals surface area contributed by atoms with Crippen molar-refractivity contribution in [1.82, 2.24) is 10.2 Å². The van der Waals surface area contributed by atoms with E-state index in [4.69, 9.17) is 0 Å². The van der Waals surface area contributed by atoms with Gasteiger partial charge in [-0.05, 0) is 43.5 Å². The maximum absolute atomic E-state index is 12.8. The molecule has 2 fully saturated rings. The normalized spacial score (nSPS) is 28.5. The van der Waals surface area contributed by atoms with E-state index < -0.39 is 0 Å². The third kappa shape index (κ3) is 4.20. The van der Waals surface area contributed by atoms with Gasteiger partial charge >= 0.3 is 6.03 Å². The number of likely N-dealkylation sites (tertiary alicyclic amines) is 1. The maximum atomic E-state index is 12.8. The van der Waals surface area contributed by atoms with E-state index in [-0.39, 0.29) is 30.0 Å². The molecular weight excluding hydrogens is 297 g/mol. The van der Waals surface area contributed by atoms with Gasteiger partial charge in [-0.25, -0.2) is 9.18 Å². The van der Waals surface area contributed by atoms with Crippen LogP contribution in [0.15, 0.2) is 24.3 Å². The topological polar surface area (TPSA) is 64.6 Å². The van der Waals surface area contributed by atoms with Crippen molar-refractivity contribution >= 4 is 11.7 Å². The fourth-order valence-corrected chi connectivity index (χ4v) is 3.61. The number of benzene rings is 1. The number of aliphatic hydroxyl groups excluding tert-OH is 1. The standard InChI is InChI=1S/C17H24FN3O2/c18-12-5-7-13(8-6-12)19-17(23)20-14-9-10-21(11-14)15-3-1-2-4-16(15)22/h5-8,14-16,22H,1-4,9-11H2,(H2,19,20,23). The van der Waals surface area contributed by atoms with Gasteiger partial charge in [-0.1, -0.05) is 12.8 Å². The molecule has 23 heavy (non-hydrogen) atoms. The summed E-state index contributed by atoms with van der Waals surface area (Å²) in [4.78, 5) is 14.3. The van der Waals surface area contributed by atoms with Gasteiger partial charge in [0.25, 0.3) is 0 Å². The molecule has 0 radical (unpaired) electrons. The number of hydrogen-bond donors (Lipinski definition) is 3. The fourth-order valence-electron chi connectivity index (χ4n) is 3.61. The van der Waals surface area contributed by atoms with Gasteiger partial charge in [-0.2, -0.15) is 0 Å². The molecular formula is C17H24FN3O2.